The van der Waals surface area contributed by atoms with Crippen LogP contribution in [0.25, 0.3) is 11.4 Å². The molecule has 0 radical (unpaired) electrons. The summed E-state index contributed by atoms with van der Waals surface area (Å²) in [6.07, 6.45) is 1.84. The second kappa shape index (κ2) is 10.3. The first-order chi connectivity index (χ1) is 16.9. The van der Waals surface area contributed by atoms with E-state index in [0.29, 0.717) is 29.4 Å². The molecule has 7 heteroatoms. The molecule has 0 aliphatic carbocycles. The van der Waals surface area contributed by atoms with Gasteiger partial charge in [-0.1, -0.05) is 12.1 Å². The van der Waals surface area contributed by atoms with Crippen molar-refractivity contribution in [2.75, 3.05) is 19.5 Å². The first-order valence-corrected chi connectivity index (χ1v) is 11.2. The summed E-state index contributed by atoms with van der Waals surface area (Å²) in [4.78, 5) is 17.4. The molecule has 0 fully saturated rings. The quantitative estimate of drug-likeness (QED) is 0.365. The topological polar surface area (TPSA) is 74.6 Å². The molecule has 0 bridgehead atoms. The number of carbonyl (C=O) groups is 1. The largest absolute Gasteiger partial charge is 0.497 e. The number of aryl methyl sites for hydroxylation is 2. The first-order valence-electron chi connectivity index (χ1n) is 11.2. The van der Waals surface area contributed by atoms with Crippen molar-refractivity contribution < 1.29 is 19.0 Å². The summed E-state index contributed by atoms with van der Waals surface area (Å²) in [5, 5.41) is 3.02. The predicted molar refractivity (Wildman–Crippen MR) is 136 cm³/mol. The maximum absolute atomic E-state index is 12.9. The molecule has 180 valence electrons. The van der Waals surface area contributed by atoms with Crippen molar-refractivity contribution in [3.63, 3.8) is 0 Å². The lowest BCUT2D eigenvalue weighted by atomic mass is 10.1. The Morgan fingerprint density at radius 3 is 2.20 bits per heavy atom. The van der Waals surface area contributed by atoms with Gasteiger partial charge in [0.2, 0.25) is 0 Å². The average molecular weight is 472 g/mol. The van der Waals surface area contributed by atoms with E-state index in [2.05, 4.69) is 10.3 Å². The van der Waals surface area contributed by atoms with E-state index >= 15 is 0 Å². The van der Waals surface area contributed by atoms with E-state index in [4.69, 9.17) is 14.2 Å². The van der Waals surface area contributed by atoms with E-state index < -0.39 is 0 Å². The zero-order chi connectivity index (χ0) is 24.9. The molecule has 1 amide bonds. The summed E-state index contributed by atoms with van der Waals surface area (Å²) in [5.74, 6) is 2.73. The second-order valence-corrected chi connectivity index (χ2v) is 8.30. The third-order valence-corrected chi connectivity index (χ3v) is 5.90. The first kappa shape index (κ1) is 23.9. The summed E-state index contributed by atoms with van der Waals surface area (Å²) >= 11 is 0. The van der Waals surface area contributed by atoms with Crippen LogP contribution in [0.2, 0.25) is 0 Å². The van der Waals surface area contributed by atoms with Gasteiger partial charge in [0.1, 0.15) is 29.7 Å². The molecule has 7 nitrogen and oxygen atoms in total. The maximum atomic E-state index is 12.9. The van der Waals surface area contributed by atoms with Crippen molar-refractivity contribution in [1.82, 2.24) is 9.55 Å². The number of carbonyl (C=O) groups excluding carboxylic acids is 1. The van der Waals surface area contributed by atoms with Crippen LogP contribution in [0.3, 0.4) is 0 Å². The molecule has 1 N–H and O–H groups in total. The molecule has 0 aliphatic heterocycles. The van der Waals surface area contributed by atoms with Crippen molar-refractivity contribution in [3.8, 4) is 28.6 Å². The van der Waals surface area contributed by atoms with Crippen LogP contribution < -0.4 is 19.5 Å². The number of hydrogen-bond acceptors (Lipinski definition) is 5. The van der Waals surface area contributed by atoms with Crippen molar-refractivity contribution in [1.29, 1.82) is 0 Å². The molecule has 0 spiro atoms. The Balaban J connectivity index is 1.43. The fourth-order valence-electron chi connectivity index (χ4n) is 3.67. The highest BCUT2D eigenvalue weighted by molar-refractivity contribution is 6.05. The predicted octanol–water partition coefficient (Wildman–Crippen LogP) is 5.55. The number of anilines is 1. The molecule has 0 saturated carbocycles. The van der Waals surface area contributed by atoms with Crippen molar-refractivity contribution >= 4 is 11.6 Å². The molecule has 0 atom stereocenters. The Labute approximate surface area is 205 Å². The standard InChI is InChI=1S/C28H29N3O4/c1-18-6-7-22(27-29-16-19(2)31(27)3)14-26(18)30-28(32)21-8-10-23(11-9-21)35-17-20-12-24(33-4)15-25(13-20)34-5/h6-16H,17H2,1-5H3,(H,30,32). The van der Waals surface area contributed by atoms with Crippen LogP contribution in [0.15, 0.2) is 66.9 Å². The van der Waals surface area contributed by atoms with Crippen LogP contribution in [0.1, 0.15) is 27.2 Å². The SMILES string of the molecule is COc1cc(COc2ccc(C(=O)Nc3cc(-c4ncc(C)n4C)ccc3C)cc2)cc(OC)c1. The molecular weight excluding hydrogens is 442 g/mol. The van der Waals surface area contributed by atoms with Gasteiger partial charge in [-0.3, -0.25) is 4.79 Å². The highest BCUT2D eigenvalue weighted by Crippen LogP contribution is 2.26. The lowest BCUT2D eigenvalue weighted by molar-refractivity contribution is 0.102. The Morgan fingerprint density at radius 1 is 0.914 bits per heavy atom. The zero-order valence-corrected chi connectivity index (χ0v) is 20.6. The fourth-order valence-corrected chi connectivity index (χ4v) is 3.67. The van der Waals surface area contributed by atoms with Gasteiger partial charge in [0, 0.05) is 41.8 Å². The summed E-state index contributed by atoms with van der Waals surface area (Å²) in [5.41, 5.74) is 5.19. The molecular formula is C28H29N3O4. The number of nitrogens with one attached hydrogen (secondary N) is 1. The molecule has 35 heavy (non-hydrogen) atoms. The average Bonchev–Trinajstić information content (AvgIpc) is 3.22. The summed E-state index contributed by atoms with van der Waals surface area (Å²) in [7, 11) is 5.20. The third-order valence-electron chi connectivity index (χ3n) is 5.90. The minimum Gasteiger partial charge on any atom is -0.497 e. The number of rotatable bonds is 8. The molecule has 1 heterocycles. The lowest BCUT2D eigenvalue weighted by Crippen LogP contribution is -2.13. The number of hydrogen-bond donors (Lipinski definition) is 1. The number of ether oxygens (including phenoxy) is 3. The Morgan fingerprint density at radius 2 is 1.60 bits per heavy atom. The zero-order valence-electron chi connectivity index (χ0n) is 20.6. The van der Waals surface area contributed by atoms with Gasteiger partial charge in [-0.25, -0.2) is 4.98 Å². The fraction of sp³-hybridized carbons (Fsp3) is 0.214. The molecule has 4 aromatic rings. The number of nitrogens with zero attached hydrogens (tertiary/aromatic N) is 2. The van der Waals surface area contributed by atoms with Gasteiger partial charge in [0.05, 0.1) is 14.2 Å². The number of methoxy groups -OCH3 is 2. The van der Waals surface area contributed by atoms with E-state index in [1.165, 1.54) is 0 Å². The maximum Gasteiger partial charge on any atom is 0.255 e. The third kappa shape index (κ3) is 5.46. The number of aromatic nitrogens is 2. The van der Waals surface area contributed by atoms with E-state index in [9.17, 15) is 4.79 Å². The summed E-state index contributed by atoms with van der Waals surface area (Å²) < 4.78 is 18.5. The molecule has 4 rings (SSSR count). The van der Waals surface area contributed by atoms with Gasteiger partial charge in [-0.2, -0.15) is 0 Å². The number of benzene rings is 3. The van der Waals surface area contributed by atoms with Gasteiger partial charge in [0.25, 0.3) is 5.91 Å². The Bertz CT molecular complexity index is 1320. The smallest absolute Gasteiger partial charge is 0.255 e. The summed E-state index contributed by atoms with van der Waals surface area (Å²) in [6.45, 7) is 4.32. The minimum absolute atomic E-state index is 0.189. The number of amides is 1. The Hall–Kier alpha value is -4.26. The van der Waals surface area contributed by atoms with Crippen LogP contribution in [-0.2, 0) is 13.7 Å². The van der Waals surface area contributed by atoms with Gasteiger partial charge < -0.3 is 24.1 Å². The van der Waals surface area contributed by atoms with E-state index in [-0.39, 0.29) is 5.91 Å². The normalized spacial score (nSPS) is 10.7. The summed E-state index contributed by atoms with van der Waals surface area (Å²) in [6, 6.07) is 18.6. The van der Waals surface area contributed by atoms with E-state index in [1.54, 1.807) is 38.5 Å². The van der Waals surface area contributed by atoms with Crippen molar-refractivity contribution in [2.45, 2.75) is 20.5 Å². The van der Waals surface area contributed by atoms with Gasteiger partial charge in [0.15, 0.2) is 0 Å². The lowest BCUT2D eigenvalue weighted by Gasteiger charge is -2.12. The van der Waals surface area contributed by atoms with Gasteiger partial charge in [-0.15, -0.1) is 0 Å². The monoisotopic (exact) mass is 471 g/mol. The highest BCUT2D eigenvalue weighted by Gasteiger charge is 2.12. The van der Waals surface area contributed by atoms with Gasteiger partial charge in [-0.05, 0) is 67.4 Å². The van der Waals surface area contributed by atoms with Gasteiger partial charge >= 0.3 is 0 Å². The van der Waals surface area contributed by atoms with Crippen LogP contribution in [0.4, 0.5) is 5.69 Å². The van der Waals surface area contributed by atoms with Crippen molar-refractivity contribution in [2.24, 2.45) is 7.05 Å². The van der Waals surface area contributed by atoms with Crippen molar-refractivity contribution in [3.05, 3.63) is 89.2 Å². The highest BCUT2D eigenvalue weighted by atomic mass is 16.5. The van der Waals surface area contributed by atoms with Crippen LogP contribution in [-0.4, -0.2) is 29.7 Å². The molecule has 0 saturated heterocycles. The molecule has 0 aliphatic rings. The Kier molecular flexibility index (Phi) is 7.06. The number of imidazole rings is 1. The second-order valence-electron chi connectivity index (χ2n) is 8.30. The van der Waals surface area contributed by atoms with E-state index in [1.807, 2.05) is 68.1 Å². The minimum atomic E-state index is -0.189. The molecule has 1 aromatic heterocycles. The molecule has 0 unspecified atom stereocenters. The van der Waals surface area contributed by atoms with Crippen LogP contribution in [0, 0.1) is 13.8 Å². The van der Waals surface area contributed by atoms with Crippen LogP contribution in [0.5, 0.6) is 17.2 Å². The van der Waals surface area contributed by atoms with E-state index in [0.717, 1.165) is 33.9 Å². The molecule has 3 aromatic carbocycles. The van der Waals surface area contributed by atoms with Crippen LogP contribution >= 0.6 is 0 Å².